The first kappa shape index (κ1) is 36.6. The van der Waals surface area contributed by atoms with Crippen LogP contribution in [0.25, 0.3) is 77.8 Å². The van der Waals surface area contributed by atoms with Crippen LogP contribution < -0.4 is 5.19 Å². The Morgan fingerprint density at radius 1 is 0.638 bits per heavy atom. The van der Waals surface area contributed by atoms with E-state index in [0.717, 1.165) is 50.0 Å². The molecule has 0 fully saturated rings. The Morgan fingerprint density at radius 3 is 2.03 bits per heavy atom. The van der Waals surface area contributed by atoms with Gasteiger partial charge in [0.25, 0.3) is 0 Å². The molecule has 0 N–H and O–H groups in total. The van der Waals surface area contributed by atoms with Gasteiger partial charge < -0.3 is 14.4 Å². The Hall–Kier alpha value is -5.71. The van der Waals surface area contributed by atoms with Gasteiger partial charge >= 0.3 is 0 Å². The molecular weight excluding hydrogens is 901 g/mol. The van der Waals surface area contributed by atoms with E-state index in [1.165, 1.54) is 33.0 Å². The molecule has 9 rings (SSSR count). The van der Waals surface area contributed by atoms with Crippen molar-refractivity contribution in [3.05, 3.63) is 187 Å². The molecular formula is C53H46IrN2OSi-2. The van der Waals surface area contributed by atoms with Crippen LogP contribution in [0.4, 0.5) is 0 Å². The fourth-order valence-corrected chi connectivity index (χ4v) is 8.09. The zero-order valence-corrected chi connectivity index (χ0v) is 36.7. The predicted octanol–water partition coefficient (Wildman–Crippen LogP) is 14.0. The van der Waals surface area contributed by atoms with Crippen LogP contribution in [0.5, 0.6) is 0 Å². The Bertz CT molecular complexity index is 2920. The molecule has 0 aliphatic rings. The zero-order chi connectivity index (χ0) is 42.0. The summed E-state index contributed by atoms with van der Waals surface area (Å²) in [6, 6.07) is 57.6. The van der Waals surface area contributed by atoms with Crippen LogP contribution in [0.1, 0.15) is 35.0 Å². The fourth-order valence-electron chi connectivity index (χ4n) is 7.06. The monoisotopic (exact) mass is 950 g/mol. The van der Waals surface area contributed by atoms with Crippen molar-refractivity contribution in [1.29, 1.82) is 0 Å². The number of nitrogens with zero attached hydrogens (tertiary/aromatic N) is 2. The second-order valence-corrected chi connectivity index (χ2v) is 20.8. The molecule has 1 radical (unpaired) electrons. The maximum absolute atomic E-state index is 7.84. The topological polar surface area (TPSA) is 38.9 Å². The third-order valence-corrected chi connectivity index (χ3v) is 12.4. The van der Waals surface area contributed by atoms with Crippen molar-refractivity contribution in [1.82, 2.24) is 9.97 Å². The number of hydrogen-bond donors (Lipinski definition) is 0. The Balaban J connectivity index is 0.000000188. The number of hydrogen-bond acceptors (Lipinski definition) is 3. The first-order valence-corrected chi connectivity index (χ1v) is 22.9. The minimum Gasteiger partial charge on any atom is -0.501 e. The molecule has 6 aromatic carbocycles. The maximum atomic E-state index is 7.84. The molecule has 0 atom stereocenters. The molecule has 0 saturated heterocycles. The third kappa shape index (κ3) is 8.73. The summed E-state index contributed by atoms with van der Waals surface area (Å²) < 4.78 is 29.9. The molecule has 3 nitrogen and oxygen atoms in total. The van der Waals surface area contributed by atoms with Crippen LogP contribution in [0, 0.1) is 19.0 Å². The summed E-state index contributed by atoms with van der Waals surface area (Å²) in [5.41, 5.74) is 13.1. The molecule has 0 bridgehead atoms. The van der Waals surface area contributed by atoms with E-state index in [2.05, 4.69) is 147 Å². The van der Waals surface area contributed by atoms with E-state index in [-0.39, 0.29) is 20.1 Å². The van der Waals surface area contributed by atoms with Gasteiger partial charge in [0.15, 0.2) is 0 Å². The summed E-state index contributed by atoms with van der Waals surface area (Å²) in [6.45, 7) is 9.06. The summed E-state index contributed by atoms with van der Waals surface area (Å²) in [5.74, 6) is 0.436. The quantitative estimate of drug-likeness (QED) is 0.118. The van der Waals surface area contributed by atoms with E-state index in [1.807, 2.05) is 67.0 Å². The van der Waals surface area contributed by atoms with Gasteiger partial charge in [-0.05, 0) is 74.6 Å². The minimum absolute atomic E-state index is 0. The SMILES string of the molecule is CC(C)c1ccnc(-c2[c-]ccc3c2oc2ccc(-c4cccc(-c5ccccc5)c4)cc23)c1.[2H]C([2H])([2H])c1c[c-]c(-c2ccc([Si](C)(C)C)cn2)cc1-c1ccccc1.[Ir]. The van der Waals surface area contributed by atoms with Crippen LogP contribution in [0.2, 0.25) is 19.6 Å². The Morgan fingerprint density at radius 2 is 1.34 bits per heavy atom. The average Bonchev–Trinajstić information content (AvgIpc) is 3.65. The summed E-state index contributed by atoms with van der Waals surface area (Å²) in [7, 11) is -1.40. The molecule has 0 amide bonds. The molecule has 0 saturated carbocycles. The second-order valence-electron chi connectivity index (χ2n) is 15.7. The van der Waals surface area contributed by atoms with Gasteiger partial charge in [-0.15, -0.1) is 47.5 Å². The van der Waals surface area contributed by atoms with Crippen LogP contribution >= 0.6 is 0 Å². The van der Waals surface area contributed by atoms with Crippen LogP contribution in [0.15, 0.2) is 168 Å². The van der Waals surface area contributed by atoms with E-state index in [1.54, 1.807) is 6.07 Å². The second kappa shape index (κ2) is 17.4. The van der Waals surface area contributed by atoms with Gasteiger partial charge in [-0.1, -0.05) is 166 Å². The van der Waals surface area contributed by atoms with Crippen molar-refractivity contribution in [3.8, 4) is 55.9 Å². The minimum atomic E-state index is -2.19. The molecule has 0 aliphatic carbocycles. The number of furan rings is 1. The molecule has 9 aromatic rings. The molecule has 0 spiro atoms. The standard InChI is InChI=1S/C32H24NO.C21H22NSi.Ir/c1-21(2)23-16-17-33-30(20-23)28-13-7-12-27-29-19-26(14-15-31(29)34-32(27)28)25-11-6-10-24(18-25)22-8-4-3-5-9-22;1-16-10-11-18(14-20(16)17-8-6-5-7-9-17)21-13-12-19(15-22-21)23(2,3)4;/h3-12,14-21H,1-2H3;5-10,12-15H,1-4H3;/q2*-1;/i;1D3;. The van der Waals surface area contributed by atoms with Gasteiger partial charge in [-0.2, -0.15) is 0 Å². The molecule has 289 valence electrons. The number of aromatic nitrogens is 2. The molecule has 3 aromatic heterocycles. The first-order chi connectivity index (χ1) is 28.8. The van der Waals surface area contributed by atoms with E-state index < -0.39 is 14.9 Å². The molecule has 0 unspecified atom stereocenters. The molecule has 5 heteroatoms. The van der Waals surface area contributed by atoms with Crippen molar-refractivity contribution in [3.63, 3.8) is 0 Å². The largest absolute Gasteiger partial charge is 0.501 e. The summed E-state index contributed by atoms with van der Waals surface area (Å²) >= 11 is 0. The van der Waals surface area contributed by atoms with Gasteiger partial charge in [0.1, 0.15) is 5.58 Å². The third-order valence-electron chi connectivity index (χ3n) is 10.4. The number of fused-ring (bicyclic) bond motifs is 3. The van der Waals surface area contributed by atoms with E-state index in [0.29, 0.717) is 17.0 Å². The van der Waals surface area contributed by atoms with Crippen molar-refractivity contribution in [2.24, 2.45) is 0 Å². The summed E-state index contributed by atoms with van der Waals surface area (Å²) in [4.78, 5) is 9.23. The van der Waals surface area contributed by atoms with Crippen molar-refractivity contribution >= 4 is 35.2 Å². The summed E-state index contributed by atoms with van der Waals surface area (Å²) in [5, 5.41) is 3.48. The Kier molecular flexibility index (Phi) is 11.0. The van der Waals surface area contributed by atoms with E-state index in [4.69, 9.17) is 8.53 Å². The van der Waals surface area contributed by atoms with Gasteiger partial charge in [0, 0.05) is 42.0 Å². The van der Waals surface area contributed by atoms with Crippen molar-refractivity contribution in [2.45, 2.75) is 46.3 Å². The number of rotatable bonds is 7. The summed E-state index contributed by atoms with van der Waals surface area (Å²) in [6.07, 6.45) is 3.81. The number of pyridine rings is 2. The van der Waals surface area contributed by atoms with Crippen molar-refractivity contribution < 1.29 is 28.6 Å². The smallest absolute Gasteiger partial charge is 0.120 e. The predicted molar refractivity (Wildman–Crippen MR) is 242 cm³/mol. The van der Waals surface area contributed by atoms with E-state index in [9.17, 15) is 0 Å². The van der Waals surface area contributed by atoms with Crippen LogP contribution in [-0.2, 0) is 20.1 Å². The van der Waals surface area contributed by atoms with Gasteiger partial charge in [0.05, 0.1) is 13.7 Å². The van der Waals surface area contributed by atoms with Crippen LogP contribution in [0.3, 0.4) is 0 Å². The van der Waals surface area contributed by atoms with Crippen LogP contribution in [-0.4, -0.2) is 18.0 Å². The molecule has 58 heavy (non-hydrogen) atoms. The first-order valence-electron chi connectivity index (χ1n) is 20.9. The van der Waals surface area contributed by atoms with Crippen molar-refractivity contribution in [2.75, 3.05) is 0 Å². The molecule has 0 aliphatic heterocycles. The number of aryl methyl sites for hydroxylation is 1. The molecule has 3 heterocycles. The maximum Gasteiger partial charge on any atom is 0.120 e. The normalized spacial score (nSPS) is 12.3. The van der Waals surface area contributed by atoms with Gasteiger partial charge in [-0.25, -0.2) is 0 Å². The average molecular weight is 950 g/mol. The van der Waals surface area contributed by atoms with Gasteiger partial charge in [-0.3, -0.25) is 0 Å². The van der Waals surface area contributed by atoms with Gasteiger partial charge in [0.2, 0.25) is 0 Å². The fraction of sp³-hybridized carbons (Fsp3) is 0.132. The number of benzene rings is 6. The van der Waals surface area contributed by atoms with E-state index >= 15 is 0 Å². The zero-order valence-electron chi connectivity index (χ0n) is 36.3. The Labute approximate surface area is 361 Å².